The average molecular weight is 313 g/mol. The monoisotopic (exact) mass is 312 g/mol. The molecule has 2 rings (SSSR count). The highest BCUT2D eigenvalue weighted by atomic mass is 79.9. The van der Waals surface area contributed by atoms with Gasteiger partial charge in [0.25, 0.3) is 0 Å². The summed E-state index contributed by atoms with van der Waals surface area (Å²) in [5.74, 6) is -0.0965. The van der Waals surface area contributed by atoms with Crippen LogP contribution >= 0.6 is 15.9 Å². The van der Waals surface area contributed by atoms with Crippen molar-refractivity contribution in [3.63, 3.8) is 0 Å². The van der Waals surface area contributed by atoms with E-state index < -0.39 is 5.54 Å². The summed E-state index contributed by atoms with van der Waals surface area (Å²) < 4.78 is 6.15. The molecule has 3 N–H and O–H groups in total. The predicted molar refractivity (Wildman–Crippen MR) is 74.3 cm³/mol. The molecule has 1 aromatic rings. The number of ether oxygens (including phenoxy) is 1. The molecule has 0 heterocycles. The van der Waals surface area contributed by atoms with Gasteiger partial charge in [-0.15, -0.1) is 0 Å². The van der Waals surface area contributed by atoms with Gasteiger partial charge >= 0.3 is 0 Å². The summed E-state index contributed by atoms with van der Waals surface area (Å²) in [7, 11) is 1.59. The minimum atomic E-state index is -0.796. The number of amides is 1. The SMILES string of the molecule is COCC(Nc1cccc(Br)c1)(C(N)=O)C1CC1. The average Bonchev–Trinajstić information content (AvgIpc) is 3.12. The Kier molecular flexibility index (Phi) is 3.92. The number of carbonyl (C=O) groups is 1. The number of nitrogens with two attached hydrogens (primary N) is 1. The molecule has 0 aliphatic heterocycles. The topological polar surface area (TPSA) is 64.3 Å². The summed E-state index contributed by atoms with van der Waals surface area (Å²) in [5.41, 5.74) is 5.66. The minimum Gasteiger partial charge on any atom is -0.382 e. The molecular weight excluding hydrogens is 296 g/mol. The predicted octanol–water partition coefficient (Wildman–Crippen LogP) is 2.14. The van der Waals surface area contributed by atoms with Gasteiger partial charge < -0.3 is 15.8 Å². The van der Waals surface area contributed by atoms with Crippen molar-refractivity contribution in [2.45, 2.75) is 18.4 Å². The van der Waals surface area contributed by atoms with Crippen LogP contribution in [0, 0.1) is 5.92 Å². The van der Waals surface area contributed by atoms with E-state index in [9.17, 15) is 4.79 Å². The van der Waals surface area contributed by atoms with E-state index in [1.54, 1.807) is 7.11 Å². The largest absolute Gasteiger partial charge is 0.382 e. The molecule has 1 saturated carbocycles. The maximum absolute atomic E-state index is 11.9. The van der Waals surface area contributed by atoms with Gasteiger partial charge in [0, 0.05) is 17.3 Å². The lowest BCUT2D eigenvalue weighted by molar-refractivity contribution is -0.124. The Morgan fingerprint density at radius 1 is 1.61 bits per heavy atom. The van der Waals surface area contributed by atoms with Crippen LogP contribution < -0.4 is 11.1 Å². The second kappa shape index (κ2) is 5.28. The molecule has 1 aliphatic rings. The zero-order chi connectivity index (χ0) is 13.2. The Bertz CT molecular complexity index is 448. The molecule has 0 bridgehead atoms. The zero-order valence-electron chi connectivity index (χ0n) is 10.3. The van der Waals surface area contributed by atoms with Crippen LogP contribution in [0.15, 0.2) is 28.7 Å². The van der Waals surface area contributed by atoms with E-state index in [1.807, 2.05) is 24.3 Å². The second-order valence-electron chi connectivity index (χ2n) is 4.68. The molecule has 1 fully saturated rings. The first-order valence-electron chi connectivity index (χ1n) is 5.91. The maximum atomic E-state index is 11.9. The van der Waals surface area contributed by atoms with Crippen molar-refractivity contribution in [3.05, 3.63) is 28.7 Å². The molecular formula is C13H17BrN2O2. The van der Waals surface area contributed by atoms with E-state index in [4.69, 9.17) is 10.5 Å². The Balaban J connectivity index is 2.26. The van der Waals surface area contributed by atoms with Crippen molar-refractivity contribution in [2.75, 3.05) is 19.0 Å². The number of hydrogen-bond acceptors (Lipinski definition) is 3. The molecule has 18 heavy (non-hydrogen) atoms. The molecule has 0 spiro atoms. The van der Waals surface area contributed by atoms with Crippen LogP contribution in [-0.2, 0) is 9.53 Å². The summed E-state index contributed by atoms with van der Waals surface area (Å²) in [6, 6.07) is 7.69. The minimum absolute atomic E-state index is 0.258. The molecule has 1 amide bonds. The van der Waals surface area contributed by atoms with Gasteiger partial charge in [0.15, 0.2) is 0 Å². The van der Waals surface area contributed by atoms with Crippen LogP contribution in [0.4, 0.5) is 5.69 Å². The first-order chi connectivity index (χ1) is 8.58. The van der Waals surface area contributed by atoms with Crippen LogP contribution in [0.3, 0.4) is 0 Å². The molecule has 5 heteroatoms. The quantitative estimate of drug-likeness (QED) is 0.846. The fraction of sp³-hybridized carbons (Fsp3) is 0.462. The number of carbonyl (C=O) groups excluding carboxylic acids is 1. The lowest BCUT2D eigenvalue weighted by Gasteiger charge is -2.32. The Morgan fingerprint density at radius 2 is 2.33 bits per heavy atom. The van der Waals surface area contributed by atoms with Crippen LogP contribution in [-0.4, -0.2) is 25.2 Å². The molecule has 1 atom stereocenters. The third kappa shape index (κ3) is 2.67. The number of rotatable bonds is 6. The van der Waals surface area contributed by atoms with Gasteiger partial charge in [-0.3, -0.25) is 4.79 Å². The van der Waals surface area contributed by atoms with E-state index in [0.29, 0.717) is 6.61 Å². The third-order valence-corrected chi connectivity index (χ3v) is 3.77. The smallest absolute Gasteiger partial charge is 0.245 e. The summed E-state index contributed by atoms with van der Waals surface area (Å²) in [4.78, 5) is 11.9. The van der Waals surface area contributed by atoms with E-state index in [0.717, 1.165) is 23.0 Å². The molecule has 98 valence electrons. The number of primary amides is 1. The van der Waals surface area contributed by atoms with Crippen molar-refractivity contribution in [1.29, 1.82) is 0 Å². The lowest BCUT2D eigenvalue weighted by Crippen LogP contribution is -2.55. The summed E-state index contributed by atoms with van der Waals surface area (Å²) in [6.07, 6.45) is 2.01. The zero-order valence-corrected chi connectivity index (χ0v) is 11.9. The van der Waals surface area contributed by atoms with Gasteiger partial charge in [0.05, 0.1) is 6.61 Å². The molecule has 1 aromatic carbocycles. The van der Waals surface area contributed by atoms with Gasteiger partial charge in [-0.05, 0) is 37.0 Å². The van der Waals surface area contributed by atoms with Gasteiger partial charge in [-0.1, -0.05) is 22.0 Å². The first-order valence-corrected chi connectivity index (χ1v) is 6.70. The van der Waals surface area contributed by atoms with Crippen molar-refractivity contribution < 1.29 is 9.53 Å². The van der Waals surface area contributed by atoms with Gasteiger partial charge in [0.2, 0.25) is 5.91 Å². The number of hydrogen-bond donors (Lipinski definition) is 2. The summed E-state index contributed by atoms with van der Waals surface area (Å²) in [5, 5.41) is 3.27. The maximum Gasteiger partial charge on any atom is 0.245 e. The van der Waals surface area contributed by atoms with E-state index >= 15 is 0 Å². The first kappa shape index (κ1) is 13.4. The highest BCUT2D eigenvalue weighted by Crippen LogP contribution is 2.42. The van der Waals surface area contributed by atoms with Gasteiger partial charge in [-0.2, -0.15) is 0 Å². The van der Waals surface area contributed by atoms with Gasteiger partial charge in [-0.25, -0.2) is 0 Å². The van der Waals surface area contributed by atoms with Crippen LogP contribution in [0.2, 0.25) is 0 Å². The number of benzene rings is 1. The lowest BCUT2D eigenvalue weighted by atomic mass is 9.92. The van der Waals surface area contributed by atoms with Crippen LogP contribution in [0.5, 0.6) is 0 Å². The van der Waals surface area contributed by atoms with E-state index in [1.165, 1.54) is 0 Å². The third-order valence-electron chi connectivity index (χ3n) is 3.28. The van der Waals surface area contributed by atoms with Crippen molar-refractivity contribution in [3.8, 4) is 0 Å². The molecule has 1 unspecified atom stereocenters. The van der Waals surface area contributed by atoms with E-state index in [2.05, 4.69) is 21.2 Å². The fourth-order valence-electron chi connectivity index (χ4n) is 2.22. The Morgan fingerprint density at radius 3 is 2.83 bits per heavy atom. The van der Waals surface area contributed by atoms with Crippen molar-refractivity contribution in [1.82, 2.24) is 0 Å². The number of anilines is 1. The highest BCUT2D eigenvalue weighted by molar-refractivity contribution is 9.10. The van der Waals surface area contributed by atoms with Crippen LogP contribution in [0.25, 0.3) is 0 Å². The van der Waals surface area contributed by atoms with Crippen LogP contribution in [0.1, 0.15) is 12.8 Å². The fourth-order valence-corrected chi connectivity index (χ4v) is 2.62. The number of methoxy groups -OCH3 is 1. The highest BCUT2D eigenvalue weighted by Gasteiger charge is 2.50. The molecule has 0 aromatic heterocycles. The Labute approximate surface area is 115 Å². The molecule has 1 aliphatic carbocycles. The summed E-state index contributed by atoms with van der Waals surface area (Å²) in [6.45, 7) is 0.291. The number of nitrogens with one attached hydrogen (secondary N) is 1. The summed E-state index contributed by atoms with van der Waals surface area (Å²) >= 11 is 3.41. The number of halogens is 1. The van der Waals surface area contributed by atoms with Crippen molar-refractivity contribution in [2.24, 2.45) is 11.7 Å². The second-order valence-corrected chi connectivity index (χ2v) is 5.59. The molecule has 4 nitrogen and oxygen atoms in total. The Hall–Kier alpha value is -1.07. The molecule has 0 radical (unpaired) electrons. The normalized spacial score (nSPS) is 18.1. The standard InChI is InChI=1S/C13H17BrN2O2/c1-18-8-13(12(15)17,9-5-6-9)16-11-4-2-3-10(14)7-11/h2-4,7,9,16H,5-6,8H2,1H3,(H2,15,17). The van der Waals surface area contributed by atoms with E-state index in [-0.39, 0.29) is 11.8 Å². The van der Waals surface area contributed by atoms with Crippen molar-refractivity contribution >= 4 is 27.5 Å². The molecule has 0 saturated heterocycles. The van der Waals surface area contributed by atoms with Gasteiger partial charge in [0.1, 0.15) is 5.54 Å².